The van der Waals surface area contributed by atoms with Crippen molar-refractivity contribution in [2.24, 2.45) is 0 Å². The molecule has 5 nitrogen and oxygen atoms in total. The van der Waals surface area contributed by atoms with Crippen LogP contribution in [0.3, 0.4) is 0 Å². The minimum absolute atomic E-state index is 0.0268. The van der Waals surface area contributed by atoms with E-state index in [0.29, 0.717) is 6.42 Å². The number of ether oxygens (including phenoxy) is 1. The van der Waals surface area contributed by atoms with Crippen molar-refractivity contribution < 1.29 is 17.9 Å². The summed E-state index contributed by atoms with van der Waals surface area (Å²) in [5, 5.41) is 0. The average molecular weight is 292 g/mol. The third-order valence-electron chi connectivity index (χ3n) is 2.34. The highest BCUT2D eigenvalue weighted by molar-refractivity contribution is 5.67. The van der Waals surface area contributed by atoms with E-state index >= 15 is 0 Å². The molecule has 0 aromatic carbocycles. The van der Waals surface area contributed by atoms with Gasteiger partial charge in [0.2, 0.25) is 5.88 Å². The van der Waals surface area contributed by atoms with Gasteiger partial charge in [0.15, 0.2) is 5.82 Å². The molecule has 0 radical (unpaired) electrons. The molecule has 0 amide bonds. The van der Waals surface area contributed by atoms with Gasteiger partial charge in [-0.2, -0.15) is 18.2 Å². The molecule has 0 saturated carbocycles. The Morgan fingerprint density at radius 3 is 2.50 bits per heavy atom. The Bertz CT molecular complexity index is 437. The summed E-state index contributed by atoms with van der Waals surface area (Å²) in [5.41, 5.74) is 5.85. The third kappa shape index (κ3) is 4.75. The van der Waals surface area contributed by atoms with E-state index in [1.165, 1.54) is 0 Å². The molecule has 0 aliphatic rings. The van der Waals surface area contributed by atoms with Crippen molar-refractivity contribution >= 4 is 11.5 Å². The highest BCUT2D eigenvalue weighted by atomic mass is 19.4. The molecule has 114 valence electrons. The Labute approximate surface area is 116 Å². The summed E-state index contributed by atoms with van der Waals surface area (Å²) >= 11 is 0. The van der Waals surface area contributed by atoms with Crippen LogP contribution in [-0.4, -0.2) is 35.3 Å². The summed E-state index contributed by atoms with van der Waals surface area (Å²) in [4.78, 5) is 8.80. The first-order valence-corrected chi connectivity index (χ1v) is 6.33. The number of nitrogens with two attached hydrogens (primary N) is 1. The highest BCUT2D eigenvalue weighted by Crippen LogP contribution is 2.30. The SMILES string of the molecule is CCCN(CC(F)(F)F)c1ncnc(OC(C)C)c1N. The second-order valence-electron chi connectivity index (χ2n) is 4.62. The molecule has 8 heteroatoms. The first kappa shape index (κ1) is 16.3. The molecule has 0 fully saturated rings. The number of anilines is 2. The minimum atomic E-state index is -4.33. The Morgan fingerprint density at radius 1 is 1.35 bits per heavy atom. The Balaban J connectivity index is 3.07. The van der Waals surface area contributed by atoms with Crippen LogP contribution in [0.4, 0.5) is 24.7 Å². The summed E-state index contributed by atoms with van der Waals surface area (Å²) in [6, 6.07) is 0. The van der Waals surface area contributed by atoms with E-state index in [9.17, 15) is 13.2 Å². The van der Waals surface area contributed by atoms with Crippen molar-refractivity contribution in [3.63, 3.8) is 0 Å². The van der Waals surface area contributed by atoms with Crippen LogP contribution in [0.2, 0.25) is 0 Å². The van der Waals surface area contributed by atoms with Crippen LogP contribution in [-0.2, 0) is 0 Å². The van der Waals surface area contributed by atoms with Crippen LogP contribution in [0, 0.1) is 0 Å². The summed E-state index contributed by atoms with van der Waals surface area (Å²) in [6.07, 6.45) is -2.81. The number of rotatable bonds is 6. The number of nitrogen functional groups attached to an aromatic ring is 1. The third-order valence-corrected chi connectivity index (χ3v) is 2.34. The molecule has 0 unspecified atom stereocenters. The number of hydrogen-bond donors (Lipinski definition) is 1. The molecule has 0 aliphatic heterocycles. The monoisotopic (exact) mass is 292 g/mol. The van der Waals surface area contributed by atoms with Crippen LogP contribution in [0.5, 0.6) is 5.88 Å². The summed E-state index contributed by atoms with van der Waals surface area (Å²) < 4.78 is 43.2. The zero-order valence-electron chi connectivity index (χ0n) is 11.7. The zero-order valence-corrected chi connectivity index (χ0v) is 11.7. The topological polar surface area (TPSA) is 64.3 Å². The first-order chi connectivity index (χ1) is 9.24. The average Bonchev–Trinajstić information content (AvgIpc) is 2.29. The van der Waals surface area contributed by atoms with Gasteiger partial charge in [0.05, 0.1) is 6.10 Å². The molecule has 1 aromatic heterocycles. The first-order valence-electron chi connectivity index (χ1n) is 6.33. The number of aromatic nitrogens is 2. The van der Waals surface area contributed by atoms with Gasteiger partial charge in [0.1, 0.15) is 18.6 Å². The van der Waals surface area contributed by atoms with Gasteiger partial charge in [-0.1, -0.05) is 6.92 Å². The van der Waals surface area contributed by atoms with Crippen molar-refractivity contribution in [3.05, 3.63) is 6.33 Å². The van der Waals surface area contributed by atoms with E-state index in [0.717, 1.165) is 11.2 Å². The summed E-state index contributed by atoms with van der Waals surface area (Å²) in [5.74, 6) is 0.156. The van der Waals surface area contributed by atoms with Gasteiger partial charge in [-0.25, -0.2) is 4.98 Å². The van der Waals surface area contributed by atoms with Gasteiger partial charge in [-0.15, -0.1) is 0 Å². The molecular formula is C12H19F3N4O. The Morgan fingerprint density at radius 2 is 2.00 bits per heavy atom. The Kier molecular flexibility index (Phi) is 5.41. The van der Waals surface area contributed by atoms with Gasteiger partial charge < -0.3 is 15.4 Å². The van der Waals surface area contributed by atoms with Gasteiger partial charge >= 0.3 is 6.18 Å². The maximum atomic E-state index is 12.6. The quantitative estimate of drug-likeness (QED) is 0.873. The number of nitrogens with zero attached hydrogens (tertiary/aromatic N) is 3. The number of halogens is 3. The summed E-state index contributed by atoms with van der Waals surface area (Å²) in [7, 11) is 0. The Hall–Kier alpha value is -1.73. The number of alkyl halides is 3. The standard InChI is InChI=1S/C12H19F3N4O/c1-4-5-19(6-12(13,14)15)10-9(16)11(18-7-17-10)20-8(2)3/h7-8H,4-6,16H2,1-3H3. The van der Waals surface area contributed by atoms with Gasteiger partial charge in [-0.05, 0) is 20.3 Å². The molecular weight excluding hydrogens is 273 g/mol. The van der Waals surface area contributed by atoms with Crippen LogP contribution >= 0.6 is 0 Å². The molecule has 1 aromatic rings. The molecule has 0 saturated heterocycles. The minimum Gasteiger partial charge on any atom is -0.473 e. The highest BCUT2D eigenvalue weighted by Gasteiger charge is 2.32. The lowest BCUT2D eigenvalue weighted by Crippen LogP contribution is -2.36. The van der Waals surface area contributed by atoms with Crippen molar-refractivity contribution in [2.45, 2.75) is 39.5 Å². The van der Waals surface area contributed by atoms with Crippen molar-refractivity contribution in [2.75, 3.05) is 23.7 Å². The number of hydrogen-bond acceptors (Lipinski definition) is 5. The maximum absolute atomic E-state index is 12.6. The molecule has 1 rings (SSSR count). The van der Waals surface area contributed by atoms with Crippen molar-refractivity contribution in [1.82, 2.24) is 9.97 Å². The predicted octanol–water partition coefficient (Wildman–Crippen LogP) is 2.62. The van der Waals surface area contributed by atoms with Crippen LogP contribution in [0.1, 0.15) is 27.2 Å². The molecule has 0 aliphatic carbocycles. The largest absolute Gasteiger partial charge is 0.473 e. The van der Waals surface area contributed by atoms with E-state index in [4.69, 9.17) is 10.5 Å². The van der Waals surface area contributed by atoms with E-state index in [2.05, 4.69) is 9.97 Å². The van der Waals surface area contributed by atoms with Crippen LogP contribution in [0.25, 0.3) is 0 Å². The van der Waals surface area contributed by atoms with Crippen molar-refractivity contribution in [3.8, 4) is 5.88 Å². The molecule has 0 bridgehead atoms. The van der Waals surface area contributed by atoms with E-state index in [1.807, 2.05) is 0 Å². The second-order valence-corrected chi connectivity index (χ2v) is 4.62. The molecule has 2 N–H and O–H groups in total. The zero-order chi connectivity index (χ0) is 15.3. The fraction of sp³-hybridized carbons (Fsp3) is 0.667. The molecule has 0 spiro atoms. The lowest BCUT2D eigenvalue weighted by molar-refractivity contribution is -0.119. The van der Waals surface area contributed by atoms with Gasteiger partial charge in [-0.3, -0.25) is 0 Å². The van der Waals surface area contributed by atoms with Gasteiger partial charge in [0, 0.05) is 6.54 Å². The normalized spacial score (nSPS) is 11.8. The predicted molar refractivity (Wildman–Crippen MR) is 70.8 cm³/mol. The summed E-state index contributed by atoms with van der Waals surface area (Å²) in [6.45, 7) is 4.43. The lowest BCUT2D eigenvalue weighted by atomic mass is 10.3. The van der Waals surface area contributed by atoms with Crippen molar-refractivity contribution in [1.29, 1.82) is 0 Å². The molecule has 0 atom stereocenters. The maximum Gasteiger partial charge on any atom is 0.405 e. The van der Waals surface area contributed by atoms with Crippen LogP contribution in [0.15, 0.2) is 6.33 Å². The van der Waals surface area contributed by atoms with E-state index < -0.39 is 12.7 Å². The lowest BCUT2D eigenvalue weighted by Gasteiger charge is -2.26. The fourth-order valence-electron chi connectivity index (χ4n) is 1.69. The van der Waals surface area contributed by atoms with E-state index in [-0.39, 0.29) is 30.0 Å². The van der Waals surface area contributed by atoms with Crippen LogP contribution < -0.4 is 15.4 Å². The molecule has 20 heavy (non-hydrogen) atoms. The second kappa shape index (κ2) is 6.62. The van der Waals surface area contributed by atoms with E-state index in [1.54, 1.807) is 20.8 Å². The molecule has 1 heterocycles. The smallest absolute Gasteiger partial charge is 0.405 e. The fourth-order valence-corrected chi connectivity index (χ4v) is 1.69. The van der Waals surface area contributed by atoms with Gasteiger partial charge in [0.25, 0.3) is 0 Å².